The highest BCUT2D eigenvalue weighted by Crippen LogP contribution is 2.31. The lowest BCUT2D eigenvalue weighted by molar-refractivity contribution is -0.120. The van der Waals surface area contributed by atoms with Crippen molar-refractivity contribution in [3.63, 3.8) is 0 Å². The molecule has 182 valence electrons. The highest BCUT2D eigenvalue weighted by molar-refractivity contribution is 5.98. The monoisotopic (exact) mass is 483 g/mol. The Morgan fingerprint density at radius 1 is 1.03 bits per heavy atom. The summed E-state index contributed by atoms with van der Waals surface area (Å²) in [4.78, 5) is 25.4. The molecule has 0 saturated carbocycles. The third-order valence-corrected chi connectivity index (χ3v) is 5.68. The molecular formula is C26H25N7O3. The average Bonchev–Trinajstić information content (AvgIpc) is 3.34. The van der Waals surface area contributed by atoms with E-state index in [1.165, 1.54) is 12.7 Å². The van der Waals surface area contributed by atoms with Gasteiger partial charge in [0.25, 0.3) is 0 Å². The summed E-state index contributed by atoms with van der Waals surface area (Å²) >= 11 is 0. The Kier molecular flexibility index (Phi) is 6.42. The molecule has 36 heavy (non-hydrogen) atoms. The van der Waals surface area contributed by atoms with Crippen molar-refractivity contribution >= 4 is 39.6 Å². The fourth-order valence-corrected chi connectivity index (χ4v) is 3.79. The van der Waals surface area contributed by atoms with Crippen LogP contribution in [0, 0.1) is 12.8 Å². The molecule has 0 spiro atoms. The standard InChI is InChI=1S/C26H25N7O3/c1-16-10-18(5-7-23(16)36-20-8-9-33-24(12-20)28-15-30-33)31-25-21-11-19(4-6-22(21)27-14-29-25)32-26(34)17(2)13-35-3/h4-12,14-15,17H,13H2,1-3H3,(H,32,34)(H,27,29,31). The van der Waals surface area contributed by atoms with Crippen molar-refractivity contribution in [3.05, 3.63) is 72.9 Å². The fourth-order valence-electron chi connectivity index (χ4n) is 3.79. The SMILES string of the molecule is COCC(C)C(=O)Nc1ccc2ncnc(Nc3ccc(Oc4ccn5ncnc5c4)c(C)c3)c2c1. The molecule has 0 radical (unpaired) electrons. The quantitative estimate of drug-likeness (QED) is 0.325. The molecule has 5 rings (SSSR count). The first-order chi connectivity index (χ1) is 17.5. The van der Waals surface area contributed by atoms with Gasteiger partial charge < -0.3 is 20.1 Å². The second-order valence-corrected chi connectivity index (χ2v) is 8.43. The number of nitrogens with zero attached hydrogens (tertiary/aromatic N) is 5. The number of aryl methyl sites for hydroxylation is 1. The summed E-state index contributed by atoms with van der Waals surface area (Å²) in [6.45, 7) is 4.14. The van der Waals surface area contributed by atoms with E-state index in [-0.39, 0.29) is 11.8 Å². The van der Waals surface area contributed by atoms with Gasteiger partial charge in [-0.2, -0.15) is 5.10 Å². The molecule has 0 aliphatic heterocycles. The second-order valence-electron chi connectivity index (χ2n) is 8.43. The minimum Gasteiger partial charge on any atom is -0.457 e. The molecular weight excluding hydrogens is 458 g/mol. The van der Waals surface area contributed by atoms with Crippen LogP contribution in [0.25, 0.3) is 16.6 Å². The Morgan fingerprint density at radius 2 is 1.89 bits per heavy atom. The summed E-state index contributed by atoms with van der Waals surface area (Å²) in [7, 11) is 1.58. The number of hydrogen-bond donors (Lipinski definition) is 2. The van der Waals surface area contributed by atoms with Crippen molar-refractivity contribution in [2.45, 2.75) is 13.8 Å². The first-order valence-electron chi connectivity index (χ1n) is 11.4. The van der Waals surface area contributed by atoms with Gasteiger partial charge in [-0.1, -0.05) is 6.92 Å². The number of rotatable bonds is 8. The molecule has 0 bridgehead atoms. The van der Waals surface area contributed by atoms with Crippen LogP contribution < -0.4 is 15.4 Å². The van der Waals surface area contributed by atoms with E-state index in [0.717, 1.165) is 27.9 Å². The summed E-state index contributed by atoms with van der Waals surface area (Å²) < 4.78 is 12.8. The van der Waals surface area contributed by atoms with Crippen LogP contribution in [0.5, 0.6) is 11.5 Å². The van der Waals surface area contributed by atoms with Gasteiger partial charge in [0.05, 0.1) is 18.0 Å². The second kappa shape index (κ2) is 9.96. The molecule has 5 aromatic rings. The Bertz CT molecular complexity index is 1550. The number of aromatic nitrogens is 5. The van der Waals surface area contributed by atoms with Gasteiger partial charge in [-0.25, -0.2) is 19.5 Å². The summed E-state index contributed by atoms with van der Waals surface area (Å²) in [6.07, 6.45) is 4.81. The molecule has 1 amide bonds. The van der Waals surface area contributed by atoms with Crippen LogP contribution in [0.2, 0.25) is 0 Å². The van der Waals surface area contributed by atoms with Gasteiger partial charge in [0.15, 0.2) is 5.65 Å². The van der Waals surface area contributed by atoms with Crippen molar-refractivity contribution in [3.8, 4) is 11.5 Å². The lowest BCUT2D eigenvalue weighted by atomic mass is 10.1. The van der Waals surface area contributed by atoms with E-state index >= 15 is 0 Å². The number of benzene rings is 2. The van der Waals surface area contributed by atoms with Gasteiger partial charge in [0, 0.05) is 36.1 Å². The fraction of sp³-hybridized carbons (Fsp3) is 0.192. The van der Waals surface area contributed by atoms with Gasteiger partial charge in [-0.05, 0) is 55.0 Å². The number of nitrogens with one attached hydrogen (secondary N) is 2. The van der Waals surface area contributed by atoms with Crippen molar-refractivity contribution in [2.24, 2.45) is 5.92 Å². The lowest BCUT2D eigenvalue weighted by Gasteiger charge is -2.14. The molecule has 0 fully saturated rings. The number of carbonyl (C=O) groups is 1. The third kappa shape index (κ3) is 4.93. The van der Waals surface area contributed by atoms with Crippen LogP contribution in [0.15, 0.2) is 67.4 Å². The zero-order valence-electron chi connectivity index (χ0n) is 20.1. The molecule has 2 N–H and O–H groups in total. The summed E-state index contributed by atoms with van der Waals surface area (Å²) in [6, 6.07) is 15.0. The van der Waals surface area contributed by atoms with Crippen LogP contribution in [0.1, 0.15) is 12.5 Å². The number of hydrogen-bond acceptors (Lipinski definition) is 8. The Hall–Kier alpha value is -4.57. The van der Waals surface area contributed by atoms with Crippen LogP contribution in [-0.2, 0) is 9.53 Å². The molecule has 0 saturated heterocycles. The predicted molar refractivity (Wildman–Crippen MR) is 137 cm³/mol. The molecule has 2 aromatic carbocycles. The van der Waals surface area contributed by atoms with E-state index in [4.69, 9.17) is 9.47 Å². The Balaban J connectivity index is 1.36. The molecule has 10 heteroatoms. The minimum absolute atomic E-state index is 0.114. The maximum absolute atomic E-state index is 12.4. The number of fused-ring (bicyclic) bond motifs is 2. The zero-order valence-corrected chi connectivity index (χ0v) is 20.1. The topological polar surface area (TPSA) is 116 Å². The maximum Gasteiger partial charge on any atom is 0.229 e. The van der Waals surface area contributed by atoms with Gasteiger partial charge >= 0.3 is 0 Å². The third-order valence-electron chi connectivity index (χ3n) is 5.68. The largest absolute Gasteiger partial charge is 0.457 e. The number of ether oxygens (including phenoxy) is 2. The van der Waals surface area contributed by atoms with Gasteiger partial charge in [-0.3, -0.25) is 4.79 Å². The van der Waals surface area contributed by atoms with Crippen molar-refractivity contribution in [2.75, 3.05) is 24.4 Å². The molecule has 0 aliphatic carbocycles. The van der Waals surface area contributed by atoms with Gasteiger partial charge in [0.2, 0.25) is 5.91 Å². The van der Waals surface area contributed by atoms with Gasteiger partial charge in [0.1, 0.15) is 30.0 Å². The number of anilines is 3. The van der Waals surface area contributed by atoms with Crippen molar-refractivity contribution in [1.82, 2.24) is 24.6 Å². The Morgan fingerprint density at radius 3 is 2.72 bits per heavy atom. The van der Waals surface area contributed by atoms with E-state index in [2.05, 4.69) is 30.7 Å². The number of amides is 1. The molecule has 0 aliphatic rings. The van der Waals surface area contributed by atoms with E-state index in [1.807, 2.05) is 62.4 Å². The first kappa shape index (κ1) is 23.2. The van der Waals surface area contributed by atoms with E-state index in [0.29, 0.717) is 29.5 Å². The molecule has 3 aromatic heterocycles. The lowest BCUT2D eigenvalue weighted by Crippen LogP contribution is -2.23. The molecule has 3 heterocycles. The van der Waals surface area contributed by atoms with Crippen LogP contribution in [0.3, 0.4) is 0 Å². The van der Waals surface area contributed by atoms with Gasteiger partial charge in [-0.15, -0.1) is 0 Å². The molecule has 1 atom stereocenters. The number of carbonyl (C=O) groups excluding carboxylic acids is 1. The van der Waals surface area contributed by atoms with E-state index < -0.39 is 0 Å². The first-order valence-corrected chi connectivity index (χ1v) is 11.4. The van der Waals surface area contributed by atoms with Crippen LogP contribution >= 0.6 is 0 Å². The predicted octanol–water partition coefficient (Wildman–Crippen LogP) is 4.74. The number of methoxy groups -OCH3 is 1. The summed E-state index contributed by atoms with van der Waals surface area (Å²) in [5.41, 5.74) is 3.92. The van der Waals surface area contributed by atoms with E-state index in [1.54, 1.807) is 17.8 Å². The Labute approximate surface area is 207 Å². The number of pyridine rings is 1. The smallest absolute Gasteiger partial charge is 0.229 e. The maximum atomic E-state index is 12.4. The summed E-state index contributed by atoms with van der Waals surface area (Å²) in [5, 5.41) is 11.2. The molecule has 1 unspecified atom stereocenters. The highest BCUT2D eigenvalue weighted by Gasteiger charge is 2.14. The highest BCUT2D eigenvalue weighted by atomic mass is 16.5. The van der Waals surface area contributed by atoms with Crippen LogP contribution in [-0.4, -0.2) is 44.2 Å². The minimum atomic E-state index is -0.266. The zero-order chi connectivity index (χ0) is 25.1. The van der Waals surface area contributed by atoms with E-state index in [9.17, 15) is 4.79 Å². The van der Waals surface area contributed by atoms with Crippen LogP contribution in [0.4, 0.5) is 17.2 Å². The van der Waals surface area contributed by atoms with Crippen molar-refractivity contribution in [1.29, 1.82) is 0 Å². The molecule has 10 nitrogen and oxygen atoms in total. The summed E-state index contributed by atoms with van der Waals surface area (Å²) in [5.74, 6) is 1.66. The normalized spacial score (nSPS) is 12.0. The average molecular weight is 484 g/mol. The van der Waals surface area contributed by atoms with Crippen molar-refractivity contribution < 1.29 is 14.3 Å².